The fourth-order valence-electron chi connectivity index (χ4n) is 2.63. The second-order valence-corrected chi connectivity index (χ2v) is 4.32. The molecule has 0 amide bonds. The summed E-state index contributed by atoms with van der Waals surface area (Å²) in [6, 6.07) is 4.17. The minimum Gasteiger partial charge on any atom is -0.351 e. The van der Waals surface area contributed by atoms with Crippen LogP contribution in [-0.2, 0) is 12.9 Å². The zero-order valence-corrected chi connectivity index (χ0v) is 7.79. The number of hydrogen-bond donors (Lipinski definition) is 1. The number of nitrogens with one attached hydrogen (secondary N) is 1. The molecule has 1 saturated heterocycles. The molecule has 0 saturated carbocycles. The molecule has 70 valence electrons. The number of aromatic nitrogens is 1. The average Bonchev–Trinajstić information content (AvgIpc) is 2.73. The Bertz CT molecular complexity index is 339. The first-order chi connectivity index (χ1) is 6.82. The first kappa shape index (κ1) is 6.66. The van der Waals surface area contributed by atoms with Crippen molar-refractivity contribution in [3.8, 4) is 0 Å². The predicted molar refractivity (Wildman–Crippen MR) is 52.7 cm³/mol. The lowest BCUT2D eigenvalue weighted by atomic mass is 9.77. The molecule has 0 radical (unpaired) electrons. The summed E-state index contributed by atoms with van der Waals surface area (Å²) in [6.07, 6.45) is 4.43. The van der Waals surface area contributed by atoms with Crippen LogP contribution in [0.2, 0.25) is 0 Å². The lowest BCUT2D eigenvalue weighted by molar-refractivity contribution is 0.199. The van der Waals surface area contributed by atoms with Gasteiger partial charge in [-0.25, -0.2) is 0 Å². The molecule has 2 heteroatoms. The smallest absolute Gasteiger partial charge is 0.0338 e. The second kappa shape index (κ2) is 2.61. The molecule has 2 aliphatic heterocycles. The molecule has 3 rings (SSSR count). The third kappa shape index (κ3) is 1.12. The molecule has 13 heavy (non-hydrogen) atoms. The van der Waals surface area contributed by atoms with E-state index in [1.54, 1.807) is 0 Å². The van der Waals surface area contributed by atoms with Gasteiger partial charge < -0.3 is 9.88 Å². The predicted octanol–water partition coefficient (Wildman–Crippen LogP) is 1.41. The molecule has 2 nitrogen and oxygen atoms in total. The van der Waals surface area contributed by atoms with Crippen LogP contribution in [0.1, 0.15) is 19.9 Å². The van der Waals surface area contributed by atoms with Gasteiger partial charge in [-0.15, -0.1) is 0 Å². The summed E-state index contributed by atoms with van der Waals surface area (Å²) in [7, 11) is 0. The highest BCUT2D eigenvalue weighted by atomic mass is 15.0. The highest BCUT2D eigenvalue weighted by molar-refractivity contribution is 5.15. The van der Waals surface area contributed by atoms with Gasteiger partial charge >= 0.3 is 0 Å². The van der Waals surface area contributed by atoms with Crippen LogP contribution in [0.3, 0.4) is 0 Å². The standard InChI is InChI=1S/C11H16N2/c1-2-10-8-11(9-13(10)7-1)3-5-12-6-4-11/h1-2,7,12H,3-6,8-9H2/i8D. The van der Waals surface area contributed by atoms with Crippen LogP contribution in [-0.4, -0.2) is 17.7 Å². The SMILES string of the molecule is [2H]C1c2cccn2CC12CCNCC2. The summed E-state index contributed by atoms with van der Waals surface area (Å²) in [4.78, 5) is 0. The Labute approximate surface area is 80.3 Å². The summed E-state index contributed by atoms with van der Waals surface area (Å²) < 4.78 is 10.6. The lowest BCUT2D eigenvalue weighted by Crippen LogP contribution is -2.37. The van der Waals surface area contributed by atoms with Gasteiger partial charge in [-0.3, -0.25) is 0 Å². The van der Waals surface area contributed by atoms with Crippen LogP contribution in [0, 0.1) is 5.41 Å². The summed E-state index contributed by atoms with van der Waals surface area (Å²) in [5.41, 5.74) is 1.45. The fraction of sp³-hybridized carbons (Fsp3) is 0.636. The molecule has 1 aromatic heterocycles. The third-order valence-corrected chi connectivity index (χ3v) is 3.40. The van der Waals surface area contributed by atoms with E-state index in [1.807, 2.05) is 0 Å². The van der Waals surface area contributed by atoms with Gasteiger partial charge in [0.15, 0.2) is 0 Å². The molecule has 1 aromatic rings. The Morgan fingerprint density at radius 2 is 2.31 bits per heavy atom. The van der Waals surface area contributed by atoms with Crippen molar-refractivity contribution < 1.29 is 1.37 Å². The maximum Gasteiger partial charge on any atom is 0.0338 e. The van der Waals surface area contributed by atoms with Gasteiger partial charge in [0.25, 0.3) is 0 Å². The molecule has 1 N–H and O–H groups in total. The molecule has 1 atom stereocenters. The summed E-state index contributed by atoms with van der Waals surface area (Å²) in [5, 5.41) is 3.38. The van der Waals surface area contributed by atoms with Gasteiger partial charge in [-0.2, -0.15) is 0 Å². The molecular formula is C11H16N2. The first-order valence-corrected chi connectivity index (χ1v) is 5.10. The minimum absolute atomic E-state index is 0.000370. The van der Waals surface area contributed by atoms with E-state index in [0.29, 0.717) is 0 Å². The van der Waals surface area contributed by atoms with Crippen LogP contribution < -0.4 is 5.32 Å². The van der Waals surface area contributed by atoms with Gasteiger partial charge in [0.2, 0.25) is 0 Å². The van der Waals surface area contributed by atoms with Crippen LogP contribution in [0.15, 0.2) is 18.3 Å². The quantitative estimate of drug-likeness (QED) is 0.634. The van der Waals surface area contributed by atoms with Crippen LogP contribution in [0.5, 0.6) is 0 Å². The Hall–Kier alpha value is -0.760. The monoisotopic (exact) mass is 177 g/mol. The number of hydrogen-bond acceptors (Lipinski definition) is 1. The summed E-state index contributed by atoms with van der Waals surface area (Å²) in [5.74, 6) is 0. The van der Waals surface area contributed by atoms with E-state index in [2.05, 4.69) is 28.2 Å². The van der Waals surface area contributed by atoms with E-state index in [-0.39, 0.29) is 11.8 Å². The van der Waals surface area contributed by atoms with E-state index in [9.17, 15) is 0 Å². The number of nitrogens with zero attached hydrogens (tertiary/aromatic N) is 1. The molecule has 0 aliphatic carbocycles. The lowest BCUT2D eigenvalue weighted by Gasteiger charge is -2.33. The third-order valence-electron chi connectivity index (χ3n) is 3.40. The van der Waals surface area contributed by atoms with Crippen molar-refractivity contribution >= 4 is 0 Å². The highest BCUT2D eigenvalue weighted by Gasteiger charge is 2.37. The van der Waals surface area contributed by atoms with Gasteiger partial charge in [0.1, 0.15) is 0 Å². The second-order valence-electron chi connectivity index (χ2n) is 4.32. The maximum absolute atomic E-state index is 8.32. The Morgan fingerprint density at radius 1 is 1.46 bits per heavy atom. The van der Waals surface area contributed by atoms with Crippen LogP contribution >= 0.6 is 0 Å². The van der Waals surface area contributed by atoms with Crippen molar-refractivity contribution in [1.82, 2.24) is 9.88 Å². The molecule has 1 unspecified atom stereocenters. The van der Waals surface area contributed by atoms with Gasteiger partial charge in [-0.05, 0) is 49.9 Å². The molecule has 3 heterocycles. The average molecular weight is 177 g/mol. The molecule has 1 fully saturated rings. The first-order valence-electron chi connectivity index (χ1n) is 5.68. The zero-order valence-electron chi connectivity index (χ0n) is 8.79. The molecule has 0 aromatic carbocycles. The van der Waals surface area contributed by atoms with E-state index in [1.165, 1.54) is 5.69 Å². The van der Waals surface area contributed by atoms with Crippen molar-refractivity contribution in [3.63, 3.8) is 0 Å². The van der Waals surface area contributed by atoms with Crippen molar-refractivity contribution in [1.29, 1.82) is 0 Å². The van der Waals surface area contributed by atoms with Crippen molar-refractivity contribution in [2.24, 2.45) is 5.41 Å². The normalized spacial score (nSPS) is 31.7. The highest BCUT2D eigenvalue weighted by Crippen LogP contribution is 2.39. The van der Waals surface area contributed by atoms with E-state index < -0.39 is 0 Å². The molecule has 2 aliphatic rings. The summed E-state index contributed by atoms with van der Waals surface area (Å²) in [6.45, 7) is 3.23. The largest absolute Gasteiger partial charge is 0.351 e. The topological polar surface area (TPSA) is 17.0 Å². The Balaban J connectivity index is 1.94. The van der Waals surface area contributed by atoms with Gasteiger partial charge in [0, 0.05) is 19.8 Å². The van der Waals surface area contributed by atoms with E-state index in [4.69, 9.17) is 1.37 Å². The number of piperidine rings is 1. The van der Waals surface area contributed by atoms with Crippen molar-refractivity contribution in [2.75, 3.05) is 13.1 Å². The van der Waals surface area contributed by atoms with Gasteiger partial charge in [0.05, 0.1) is 0 Å². The maximum atomic E-state index is 8.32. The summed E-state index contributed by atoms with van der Waals surface area (Å²) >= 11 is 0. The number of rotatable bonds is 0. The number of fused-ring (bicyclic) bond motifs is 1. The van der Waals surface area contributed by atoms with E-state index >= 15 is 0 Å². The van der Waals surface area contributed by atoms with Crippen LogP contribution in [0.25, 0.3) is 0 Å². The molecular weight excluding hydrogens is 160 g/mol. The van der Waals surface area contributed by atoms with Crippen molar-refractivity contribution in [3.05, 3.63) is 24.0 Å². The minimum atomic E-state index is -0.000370. The zero-order chi connectivity index (χ0) is 9.60. The molecule has 1 spiro atoms. The van der Waals surface area contributed by atoms with Crippen molar-refractivity contribution in [2.45, 2.75) is 25.8 Å². The van der Waals surface area contributed by atoms with Crippen LogP contribution in [0.4, 0.5) is 0 Å². The Morgan fingerprint density at radius 3 is 3.08 bits per heavy atom. The fourth-order valence-corrected chi connectivity index (χ4v) is 2.63. The molecule has 0 bridgehead atoms. The Kier molecular flexibility index (Phi) is 1.34. The van der Waals surface area contributed by atoms with Gasteiger partial charge in [-0.1, -0.05) is 0 Å². The van der Waals surface area contributed by atoms with E-state index in [0.717, 1.165) is 32.5 Å².